The second kappa shape index (κ2) is 10.1. The number of hydrogen-bond donors (Lipinski definition) is 1. The molecule has 0 radical (unpaired) electrons. The first-order valence-electron chi connectivity index (χ1n) is 9.56. The van der Waals surface area contributed by atoms with Gasteiger partial charge < -0.3 is 14.6 Å². The number of nitriles is 1. The van der Waals surface area contributed by atoms with Crippen LogP contribution in [0.5, 0.6) is 11.5 Å². The maximum absolute atomic E-state index is 11.1. The van der Waals surface area contributed by atoms with Gasteiger partial charge in [0.25, 0.3) is 0 Å². The number of carbonyl (C=O) groups is 1. The normalized spacial score (nSPS) is 11.3. The van der Waals surface area contributed by atoms with E-state index in [1.807, 2.05) is 43.3 Å². The van der Waals surface area contributed by atoms with Crippen molar-refractivity contribution in [3.8, 4) is 17.6 Å². The molecule has 0 amide bonds. The minimum absolute atomic E-state index is 0.0142. The zero-order valence-electron chi connectivity index (χ0n) is 16.6. The fraction of sp³-hybridized carbons (Fsp3) is 0.208. The number of ether oxygens (including phenoxy) is 2. The molecule has 3 aromatic rings. The van der Waals surface area contributed by atoms with Crippen molar-refractivity contribution in [2.45, 2.75) is 32.5 Å². The summed E-state index contributed by atoms with van der Waals surface area (Å²) in [6, 6.07) is 18.6. The molecule has 0 spiro atoms. The van der Waals surface area contributed by atoms with E-state index in [4.69, 9.17) is 14.6 Å². The fourth-order valence-electron chi connectivity index (χ4n) is 3.08. The molecular weight excluding hydrogens is 380 g/mol. The number of benzene rings is 2. The highest BCUT2D eigenvalue weighted by Gasteiger charge is 2.18. The van der Waals surface area contributed by atoms with E-state index < -0.39 is 12.1 Å². The molecule has 0 bridgehead atoms. The van der Waals surface area contributed by atoms with Crippen molar-refractivity contribution >= 4 is 5.97 Å². The number of pyridine rings is 1. The highest BCUT2D eigenvalue weighted by atomic mass is 16.5. The summed E-state index contributed by atoms with van der Waals surface area (Å²) in [4.78, 5) is 15.2. The van der Waals surface area contributed by atoms with Crippen LogP contribution in [-0.4, -0.2) is 16.1 Å². The number of hydrogen-bond acceptors (Lipinski definition) is 5. The summed E-state index contributed by atoms with van der Waals surface area (Å²) in [5.41, 5.74) is 3.23. The first-order chi connectivity index (χ1) is 14.6. The highest BCUT2D eigenvalue weighted by molar-refractivity contribution is 5.66. The second-order valence-electron chi connectivity index (χ2n) is 6.82. The summed E-state index contributed by atoms with van der Waals surface area (Å²) in [5.74, 6) is 0.0342. The molecule has 6 nitrogen and oxygen atoms in total. The summed E-state index contributed by atoms with van der Waals surface area (Å²) in [6.07, 6.45) is 3.26. The molecule has 152 valence electrons. The third kappa shape index (κ3) is 5.58. The Morgan fingerprint density at radius 1 is 1.20 bits per heavy atom. The smallest absolute Gasteiger partial charge is 0.303 e. The van der Waals surface area contributed by atoms with E-state index in [2.05, 4.69) is 11.1 Å². The fourth-order valence-corrected chi connectivity index (χ4v) is 3.08. The molecule has 6 heteroatoms. The number of nitrogens with zero attached hydrogens (tertiary/aromatic N) is 2. The van der Waals surface area contributed by atoms with E-state index in [1.54, 1.807) is 30.6 Å². The van der Waals surface area contributed by atoms with E-state index >= 15 is 0 Å². The number of carboxylic acid groups (broad SMARTS) is 1. The Labute approximate surface area is 175 Å². The van der Waals surface area contributed by atoms with Crippen molar-refractivity contribution in [3.63, 3.8) is 0 Å². The Kier molecular flexibility index (Phi) is 7.01. The summed E-state index contributed by atoms with van der Waals surface area (Å²) in [6.45, 7) is 2.24. The Balaban J connectivity index is 1.82. The first-order valence-corrected chi connectivity index (χ1v) is 9.56. The molecule has 1 atom stereocenters. The Morgan fingerprint density at radius 3 is 2.73 bits per heavy atom. The maximum Gasteiger partial charge on any atom is 0.303 e. The summed E-state index contributed by atoms with van der Waals surface area (Å²) < 4.78 is 12.0. The molecule has 3 rings (SSSR count). The molecule has 30 heavy (non-hydrogen) atoms. The van der Waals surface area contributed by atoms with Crippen LogP contribution in [0.15, 0.2) is 67.0 Å². The van der Waals surface area contributed by atoms with Gasteiger partial charge in [0, 0.05) is 30.4 Å². The van der Waals surface area contributed by atoms with Crippen molar-refractivity contribution in [2.24, 2.45) is 0 Å². The lowest BCUT2D eigenvalue weighted by molar-refractivity contribution is -0.137. The summed E-state index contributed by atoms with van der Waals surface area (Å²) in [7, 11) is 0. The van der Waals surface area contributed by atoms with Gasteiger partial charge in [-0.2, -0.15) is 5.26 Å². The first kappa shape index (κ1) is 20.9. The Hall–Kier alpha value is -3.85. The lowest BCUT2D eigenvalue weighted by Crippen LogP contribution is -2.11. The van der Waals surface area contributed by atoms with Crippen LogP contribution in [0, 0.1) is 18.3 Å². The van der Waals surface area contributed by atoms with Gasteiger partial charge in [-0.3, -0.25) is 9.78 Å². The van der Waals surface area contributed by atoms with Crippen molar-refractivity contribution in [2.75, 3.05) is 0 Å². The molecule has 0 fully saturated rings. The van der Waals surface area contributed by atoms with Crippen LogP contribution in [0.3, 0.4) is 0 Å². The van der Waals surface area contributed by atoms with E-state index in [1.165, 1.54) is 0 Å². The van der Waals surface area contributed by atoms with Gasteiger partial charge in [0.1, 0.15) is 30.3 Å². The van der Waals surface area contributed by atoms with Crippen molar-refractivity contribution in [1.29, 1.82) is 5.26 Å². The standard InChI is InChI=1S/C24H22N2O4/c1-17-5-2-3-7-21(17)22(10-11-24(27)28)30-20-9-8-19(14-25)23(13-20)29-16-18-6-4-12-26-15-18/h2-9,12-13,15,22H,10-11,16H2,1H3,(H,27,28). The van der Waals surface area contributed by atoms with Crippen LogP contribution < -0.4 is 9.47 Å². The van der Waals surface area contributed by atoms with Gasteiger partial charge in [-0.1, -0.05) is 30.3 Å². The second-order valence-corrected chi connectivity index (χ2v) is 6.82. The van der Waals surface area contributed by atoms with Crippen LogP contribution in [0.2, 0.25) is 0 Å². The zero-order chi connectivity index (χ0) is 21.3. The SMILES string of the molecule is Cc1ccccc1C(CCC(=O)O)Oc1ccc(C#N)c(OCc2cccnc2)c1. The Morgan fingerprint density at radius 2 is 2.03 bits per heavy atom. The van der Waals surface area contributed by atoms with Gasteiger partial charge in [0.2, 0.25) is 0 Å². The topological polar surface area (TPSA) is 92.4 Å². The average molecular weight is 402 g/mol. The van der Waals surface area contributed by atoms with Crippen LogP contribution in [0.25, 0.3) is 0 Å². The monoisotopic (exact) mass is 402 g/mol. The van der Waals surface area contributed by atoms with Gasteiger partial charge in [-0.25, -0.2) is 0 Å². The number of aliphatic carboxylic acids is 1. The van der Waals surface area contributed by atoms with E-state index in [-0.39, 0.29) is 13.0 Å². The van der Waals surface area contributed by atoms with Gasteiger partial charge in [-0.05, 0) is 42.7 Å². The number of carboxylic acids is 1. The lowest BCUT2D eigenvalue weighted by Gasteiger charge is -2.21. The van der Waals surface area contributed by atoms with Crippen molar-refractivity contribution in [3.05, 3.63) is 89.2 Å². The predicted molar refractivity (Wildman–Crippen MR) is 111 cm³/mol. The molecule has 1 unspecified atom stereocenters. The van der Waals surface area contributed by atoms with E-state index in [9.17, 15) is 10.1 Å². The minimum atomic E-state index is -0.877. The van der Waals surface area contributed by atoms with Gasteiger partial charge in [0.05, 0.1) is 5.56 Å². The third-order valence-corrected chi connectivity index (χ3v) is 4.62. The molecule has 0 aliphatic carbocycles. The largest absolute Gasteiger partial charge is 0.487 e. The molecule has 1 heterocycles. The molecule has 2 aromatic carbocycles. The van der Waals surface area contributed by atoms with Crippen LogP contribution in [-0.2, 0) is 11.4 Å². The quantitative estimate of drug-likeness (QED) is 0.551. The average Bonchev–Trinajstić information content (AvgIpc) is 2.76. The van der Waals surface area contributed by atoms with Crippen LogP contribution >= 0.6 is 0 Å². The maximum atomic E-state index is 11.1. The van der Waals surface area contributed by atoms with Crippen molar-refractivity contribution in [1.82, 2.24) is 4.98 Å². The number of rotatable bonds is 9. The minimum Gasteiger partial charge on any atom is -0.487 e. The van der Waals surface area contributed by atoms with E-state index in [0.717, 1.165) is 16.7 Å². The Bertz CT molecular complexity index is 1040. The van der Waals surface area contributed by atoms with Crippen LogP contribution in [0.1, 0.15) is 41.2 Å². The van der Waals surface area contributed by atoms with Gasteiger partial charge in [0.15, 0.2) is 0 Å². The molecule has 0 aliphatic heterocycles. The molecule has 1 N–H and O–H groups in total. The summed E-state index contributed by atoms with van der Waals surface area (Å²) in [5, 5.41) is 18.5. The van der Waals surface area contributed by atoms with Gasteiger partial charge >= 0.3 is 5.97 Å². The summed E-state index contributed by atoms with van der Waals surface area (Å²) >= 11 is 0. The molecular formula is C24H22N2O4. The number of aryl methyl sites for hydroxylation is 1. The number of aromatic nitrogens is 1. The van der Waals surface area contributed by atoms with Gasteiger partial charge in [-0.15, -0.1) is 0 Å². The molecule has 0 saturated heterocycles. The van der Waals surface area contributed by atoms with Crippen molar-refractivity contribution < 1.29 is 19.4 Å². The zero-order valence-corrected chi connectivity index (χ0v) is 16.6. The molecule has 1 aromatic heterocycles. The molecule has 0 saturated carbocycles. The molecule has 0 aliphatic rings. The highest BCUT2D eigenvalue weighted by Crippen LogP contribution is 2.32. The third-order valence-electron chi connectivity index (χ3n) is 4.62. The lowest BCUT2D eigenvalue weighted by atomic mass is 9.99. The van der Waals surface area contributed by atoms with Crippen LogP contribution in [0.4, 0.5) is 0 Å². The van der Waals surface area contributed by atoms with E-state index in [0.29, 0.717) is 23.5 Å². The predicted octanol–water partition coefficient (Wildman–Crippen LogP) is 4.83.